The Morgan fingerprint density at radius 3 is 2.52 bits per heavy atom. The molecule has 0 aromatic heterocycles. The summed E-state index contributed by atoms with van der Waals surface area (Å²) in [7, 11) is 0. The van der Waals surface area contributed by atoms with E-state index in [-0.39, 0.29) is 16.9 Å². The first-order valence-corrected chi connectivity index (χ1v) is 8.21. The molecule has 0 unspecified atom stereocenters. The predicted molar refractivity (Wildman–Crippen MR) is 94.7 cm³/mol. The van der Waals surface area contributed by atoms with Crippen LogP contribution in [0.15, 0.2) is 54.2 Å². The van der Waals surface area contributed by atoms with Crippen molar-refractivity contribution in [2.24, 2.45) is 0 Å². The van der Waals surface area contributed by atoms with Gasteiger partial charge in [0.25, 0.3) is 5.91 Å². The Morgan fingerprint density at radius 1 is 1.10 bits per heavy atom. The van der Waals surface area contributed by atoms with E-state index < -0.39 is 41.9 Å². The first kappa shape index (κ1) is 20.1. The number of hydrogen-bond acceptors (Lipinski definition) is 3. The number of benzene rings is 2. The van der Waals surface area contributed by atoms with Gasteiger partial charge in [0.2, 0.25) is 5.91 Å². The summed E-state index contributed by atoms with van der Waals surface area (Å²) in [5.41, 5.74) is -1.27. The fourth-order valence-electron chi connectivity index (χ4n) is 2.58. The molecule has 4 amide bonds. The second kappa shape index (κ2) is 7.74. The lowest BCUT2D eigenvalue weighted by atomic mass is 10.1. The normalized spacial score (nSPS) is 15.6. The van der Waals surface area contributed by atoms with Crippen LogP contribution in [0, 0.1) is 5.82 Å². The molecule has 0 saturated carbocycles. The Morgan fingerprint density at radius 2 is 1.83 bits per heavy atom. The molecule has 0 spiro atoms. The fraction of sp³-hybridized carbons (Fsp3) is 0.105. The predicted octanol–water partition coefficient (Wildman–Crippen LogP) is 3.38. The van der Waals surface area contributed by atoms with E-state index in [1.807, 2.05) is 0 Å². The number of nitrogens with zero attached hydrogens (tertiary/aromatic N) is 1. The number of urea groups is 1. The van der Waals surface area contributed by atoms with Gasteiger partial charge >= 0.3 is 12.2 Å². The number of carbonyl (C=O) groups is 3. The Hall–Kier alpha value is -3.69. The van der Waals surface area contributed by atoms with Crippen molar-refractivity contribution in [2.45, 2.75) is 6.18 Å². The summed E-state index contributed by atoms with van der Waals surface area (Å²) in [6, 6.07) is 8.60. The zero-order valence-electron chi connectivity index (χ0n) is 14.6. The number of alkyl halides is 3. The average molecular weight is 407 g/mol. The summed E-state index contributed by atoms with van der Waals surface area (Å²) in [5.74, 6) is -2.40. The maximum atomic E-state index is 13.6. The zero-order valence-corrected chi connectivity index (χ0v) is 14.6. The third-order valence-corrected chi connectivity index (χ3v) is 3.94. The Balaban J connectivity index is 1.73. The van der Waals surface area contributed by atoms with Crippen molar-refractivity contribution in [1.82, 2.24) is 10.2 Å². The van der Waals surface area contributed by atoms with Gasteiger partial charge in [0.15, 0.2) is 0 Å². The maximum Gasteiger partial charge on any atom is 0.416 e. The summed E-state index contributed by atoms with van der Waals surface area (Å²) in [6.45, 7) is -0.696. The third-order valence-electron chi connectivity index (χ3n) is 3.94. The van der Waals surface area contributed by atoms with Crippen molar-refractivity contribution in [3.8, 4) is 0 Å². The van der Waals surface area contributed by atoms with E-state index in [2.05, 4.69) is 10.6 Å². The number of hydrogen-bond donors (Lipinski definition) is 2. The minimum atomic E-state index is -4.56. The molecule has 2 aromatic rings. The third kappa shape index (κ3) is 4.60. The van der Waals surface area contributed by atoms with Crippen LogP contribution in [0.4, 0.5) is 28.0 Å². The van der Waals surface area contributed by atoms with Crippen LogP contribution in [0.1, 0.15) is 11.1 Å². The molecule has 1 fully saturated rings. The van der Waals surface area contributed by atoms with Gasteiger partial charge in [0.1, 0.15) is 18.1 Å². The molecule has 0 radical (unpaired) electrons. The van der Waals surface area contributed by atoms with Crippen molar-refractivity contribution in [3.63, 3.8) is 0 Å². The van der Waals surface area contributed by atoms with Crippen molar-refractivity contribution in [1.29, 1.82) is 0 Å². The van der Waals surface area contributed by atoms with Gasteiger partial charge in [-0.05, 0) is 35.9 Å². The SMILES string of the molecule is O=C(CN1C(=O)N/C(=C/c2cccc(C(F)(F)F)c2)C1=O)Nc1ccccc1F. The minimum Gasteiger partial charge on any atom is -0.322 e. The van der Waals surface area contributed by atoms with Crippen molar-refractivity contribution < 1.29 is 31.9 Å². The van der Waals surface area contributed by atoms with Crippen molar-refractivity contribution in [3.05, 3.63) is 71.2 Å². The van der Waals surface area contributed by atoms with Crippen LogP contribution in [0.25, 0.3) is 6.08 Å². The summed E-state index contributed by atoms with van der Waals surface area (Å²) < 4.78 is 52.0. The second-order valence-corrected chi connectivity index (χ2v) is 6.03. The Kier molecular flexibility index (Phi) is 5.35. The minimum absolute atomic E-state index is 0.0427. The van der Waals surface area contributed by atoms with Gasteiger partial charge in [-0.3, -0.25) is 9.59 Å². The van der Waals surface area contributed by atoms with Crippen LogP contribution in [0.5, 0.6) is 0 Å². The molecule has 3 rings (SSSR count). The molecule has 0 atom stereocenters. The van der Waals surface area contributed by atoms with Gasteiger partial charge in [0, 0.05) is 0 Å². The number of amides is 4. The van der Waals surface area contributed by atoms with E-state index in [1.165, 1.54) is 24.3 Å². The van der Waals surface area contributed by atoms with Crippen LogP contribution in [0.2, 0.25) is 0 Å². The smallest absolute Gasteiger partial charge is 0.322 e. The van der Waals surface area contributed by atoms with E-state index in [0.717, 1.165) is 30.3 Å². The highest BCUT2D eigenvalue weighted by Gasteiger charge is 2.35. The lowest BCUT2D eigenvalue weighted by molar-refractivity contribution is -0.137. The molecule has 1 heterocycles. The Bertz CT molecular complexity index is 1020. The molecular weight excluding hydrogens is 394 g/mol. The number of para-hydroxylation sites is 1. The van der Waals surface area contributed by atoms with Gasteiger partial charge in [-0.2, -0.15) is 13.2 Å². The first-order chi connectivity index (χ1) is 13.6. The monoisotopic (exact) mass is 407 g/mol. The van der Waals surface area contributed by atoms with Crippen molar-refractivity contribution in [2.75, 3.05) is 11.9 Å². The lowest BCUT2D eigenvalue weighted by Crippen LogP contribution is -2.38. The van der Waals surface area contributed by atoms with Gasteiger partial charge in [-0.1, -0.05) is 24.3 Å². The molecule has 1 aliphatic rings. The molecule has 150 valence electrons. The standard InChI is InChI=1S/C19H13F4N3O3/c20-13-6-1-2-7-14(13)24-16(27)10-26-17(28)15(25-18(26)29)9-11-4-3-5-12(8-11)19(21,22)23/h1-9H,10H2,(H,24,27)(H,25,29)/b15-9+. The molecule has 1 aliphatic heterocycles. The topological polar surface area (TPSA) is 78.5 Å². The van der Waals surface area contributed by atoms with Crippen LogP contribution in [-0.4, -0.2) is 29.3 Å². The molecule has 2 N–H and O–H groups in total. The largest absolute Gasteiger partial charge is 0.416 e. The molecule has 29 heavy (non-hydrogen) atoms. The summed E-state index contributed by atoms with van der Waals surface area (Å²) in [5, 5.41) is 4.44. The Labute approximate surface area is 161 Å². The van der Waals surface area contributed by atoms with Gasteiger partial charge in [-0.25, -0.2) is 14.1 Å². The molecule has 6 nitrogen and oxygen atoms in total. The number of imide groups is 1. The van der Waals surface area contributed by atoms with E-state index in [9.17, 15) is 31.9 Å². The van der Waals surface area contributed by atoms with Gasteiger partial charge in [0.05, 0.1) is 11.3 Å². The molecular formula is C19H13F4N3O3. The summed E-state index contributed by atoms with van der Waals surface area (Å²) in [4.78, 5) is 36.9. The molecule has 10 heteroatoms. The van der Waals surface area contributed by atoms with E-state index in [4.69, 9.17) is 0 Å². The van der Waals surface area contributed by atoms with Crippen LogP contribution in [-0.2, 0) is 15.8 Å². The second-order valence-electron chi connectivity index (χ2n) is 6.03. The highest BCUT2D eigenvalue weighted by molar-refractivity contribution is 6.15. The van der Waals surface area contributed by atoms with Crippen LogP contribution >= 0.6 is 0 Å². The molecule has 2 aromatic carbocycles. The number of carbonyl (C=O) groups excluding carboxylic acids is 3. The highest BCUT2D eigenvalue weighted by atomic mass is 19.4. The molecule has 0 bridgehead atoms. The fourth-order valence-corrected chi connectivity index (χ4v) is 2.58. The summed E-state index contributed by atoms with van der Waals surface area (Å²) >= 11 is 0. The number of nitrogens with one attached hydrogen (secondary N) is 2. The average Bonchev–Trinajstić information content (AvgIpc) is 2.90. The number of halogens is 4. The first-order valence-electron chi connectivity index (χ1n) is 8.21. The van der Waals surface area contributed by atoms with Gasteiger partial charge in [-0.15, -0.1) is 0 Å². The van der Waals surface area contributed by atoms with E-state index >= 15 is 0 Å². The van der Waals surface area contributed by atoms with E-state index in [1.54, 1.807) is 0 Å². The van der Waals surface area contributed by atoms with Crippen LogP contribution in [0.3, 0.4) is 0 Å². The molecule has 0 aliphatic carbocycles. The lowest BCUT2D eigenvalue weighted by Gasteiger charge is -2.12. The highest BCUT2D eigenvalue weighted by Crippen LogP contribution is 2.30. The van der Waals surface area contributed by atoms with Crippen molar-refractivity contribution >= 4 is 29.6 Å². The number of rotatable bonds is 4. The van der Waals surface area contributed by atoms with Gasteiger partial charge < -0.3 is 10.6 Å². The molecule has 1 saturated heterocycles. The van der Waals surface area contributed by atoms with E-state index in [0.29, 0.717) is 4.90 Å². The summed E-state index contributed by atoms with van der Waals surface area (Å²) in [6.07, 6.45) is -3.49. The maximum absolute atomic E-state index is 13.6. The number of anilines is 1. The van der Waals surface area contributed by atoms with Crippen LogP contribution < -0.4 is 10.6 Å². The zero-order chi connectivity index (χ0) is 21.2. The quantitative estimate of drug-likeness (QED) is 0.464.